The zero-order valence-corrected chi connectivity index (χ0v) is 20.0. The van der Waals surface area contributed by atoms with Gasteiger partial charge in [0.05, 0.1) is 43.2 Å². The number of morpholine rings is 1. The molecule has 1 atom stereocenters. The van der Waals surface area contributed by atoms with E-state index in [1.165, 1.54) is 18.9 Å². The van der Waals surface area contributed by atoms with Crippen molar-refractivity contribution >= 4 is 40.5 Å². The van der Waals surface area contributed by atoms with Crippen molar-refractivity contribution in [2.75, 3.05) is 39.2 Å². The molecule has 0 N–H and O–H groups in total. The quantitative estimate of drug-likeness (QED) is 0.192. The first-order valence-corrected chi connectivity index (χ1v) is 12.1. The smallest absolute Gasteiger partial charge is 0.313 e. The SMILES string of the molecule is COC(=O)CC(=O)c1ccc(OCC2CN(C(=O)CSc3cnc4ccccc4n3)CCO2)cc1. The summed E-state index contributed by atoms with van der Waals surface area (Å²) in [4.78, 5) is 46.7. The normalized spacial score (nSPS) is 15.6. The van der Waals surface area contributed by atoms with Gasteiger partial charge in [0.15, 0.2) is 5.78 Å². The molecule has 35 heavy (non-hydrogen) atoms. The van der Waals surface area contributed by atoms with Gasteiger partial charge >= 0.3 is 5.97 Å². The van der Waals surface area contributed by atoms with Crippen molar-refractivity contribution in [3.8, 4) is 5.75 Å². The lowest BCUT2D eigenvalue weighted by atomic mass is 10.1. The van der Waals surface area contributed by atoms with Gasteiger partial charge in [-0.2, -0.15) is 0 Å². The number of fused-ring (bicyclic) bond motifs is 1. The number of carbonyl (C=O) groups is 3. The van der Waals surface area contributed by atoms with Gasteiger partial charge in [0.2, 0.25) is 5.91 Å². The van der Waals surface area contributed by atoms with Crippen molar-refractivity contribution in [1.29, 1.82) is 0 Å². The van der Waals surface area contributed by atoms with Crippen LogP contribution in [-0.4, -0.2) is 77.8 Å². The predicted octanol–water partition coefficient (Wildman–Crippen LogP) is 2.77. The molecular formula is C25H25N3O6S. The summed E-state index contributed by atoms with van der Waals surface area (Å²) in [6.07, 6.45) is 1.12. The van der Waals surface area contributed by atoms with Gasteiger partial charge in [0, 0.05) is 12.1 Å². The minimum atomic E-state index is -0.576. The molecule has 0 spiro atoms. The molecule has 2 heterocycles. The van der Waals surface area contributed by atoms with Crippen molar-refractivity contribution in [2.24, 2.45) is 0 Å². The number of aromatic nitrogens is 2. The lowest BCUT2D eigenvalue weighted by Gasteiger charge is -2.32. The van der Waals surface area contributed by atoms with Crippen LogP contribution in [0.3, 0.4) is 0 Å². The number of ketones is 1. The minimum absolute atomic E-state index is 0.00623. The number of carbonyl (C=O) groups excluding carboxylic acids is 3. The molecule has 0 saturated carbocycles. The van der Waals surface area contributed by atoms with Crippen molar-refractivity contribution in [3.63, 3.8) is 0 Å². The van der Waals surface area contributed by atoms with Gasteiger partial charge in [0.25, 0.3) is 0 Å². The number of para-hydroxylation sites is 2. The van der Waals surface area contributed by atoms with Crippen LogP contribution in [0.15, 0.2) is 59.8 Å². The highest BCUT2D eigenvalue weighted by Gasteiger charge is 2.25. The Balaban J connectivity index is 1.24. The van der Waals surface area contributed by atoms with Crippen LogP contribution in [0.2, 0.25) is 0 Å². The second-order valence-electron chi connectivity index (χ2n) is 7.83. The Bertz CT molecular complexity index is 1200. The highest BCUT2D eigenvalue weighted by atomic mass is 32.2. The summed E-state index contributed by atoms with van der Waals surface area (Å²) < 4.78 is 16.1. The molecule has 1 aliphatic heterocycles. The first-order valence-electron chi connectivity index (χ1n) is 11.1. The third kappa shape index (κ3) is 6.77. The molecule has 1 fully saturated rings. The van der Waals surface area contributed by atoms with Crippen molar-refractivity contribution in [3.05, 3.63) is 60.3 Å². The first kappa shape index (κ1) is 24.6. The van der Waals surface area contributed by atoms with Crippen LogP contribution in [0.4, 0.5) is 0 Å². The van der Waals surface area contributed by atoms with E-state index in [9.17, 15) is 14.4 Å². The Morgan fingerprint density at radius 1 is 1.11 bits per heavy atom. The van der Waals surface area contributed by atoms with Crippen LogP contribution in [0.25, 0.3) is 11.0 Å². The number of amides is 1. The van der Waals surface area contributed by atoms with Gasteiger partial charge in [-0.25, -0.2) is 4.98 Å². The van der Waals surface area contributed by atoms with Crippen molar-refractivity contribution in [2.45, 2.75) is 17.6 Å². The summed E-state index contributed by atoms with van der Waals surface area (Å²) >= 11 is 1.36. The van der Waals surface area contributed by atoms with Crippen molar-refractivity contribution in [1.82, 2.24) is 14.9 Å². The van der Waals surface area contributed by atoms with Crippen LogP contribution in [-0.2, 0) is 19.1 Å². The number of hydrogen-bond acceptors (Lipinski definition) is 9. The summed E-state index contributed by atoms with van der Waals surface area (Å²) in [5.41, 5.74) is 2.03. The molecule has 1 saturated heterocycles. The lowest BCUT2D eigenvalue weighted by Crippen LogP contribution is -2.48. The Morgan fingerprint density at radius 3 is 2.66 bits per heavy atom. The molecule has 3 aromatic rings. The fourth-order valence-corrected chi connectivity index (χ4v) is 4.26. The van der Waals surface area contributed by atoms with E-state index >= 15 is 0 Å². The maximum absolute atomic E-state index is 12.7. The first-order chi connectivity index (χ1) is 17.0. The molecule has 2 aromatic carbocycles. The van der Waals surface area contributed by atoms with Crippen molar-refractivity contribution < 1.29 is 28.6 Å². The van der Waals surface area contributed by atoms with E-state index in [-0.39, 0.29) is 36.6 Å². The Labute approximate surface area is 206 Å². The van der Waals surface area contributed by atoms with Gasteiger partial charge in [-0.05, 0) is 36.4 Å². The lowest BCUT2D eigenvalue weighted by molar-refractivity contribution is -0.139. The van der Waals surface area contributed by atoms with Gasteiger partial charge in [-0.3, -0.25) is 19.4 Å². The van der Waals surface area contributed by atoms with E-state index in [0.717, 1.165) is 11.0 Å². The van der Waals surface area contributed by atoms with Gasteiger partial charge in [0.1, 0.15) is 29.9 Å². The van der Waals surface area contributed by atoms with E-state index in [2.05, 4.69) is 14.7 Å². The molecule has 1 aromatic heterocycles. The molecular weight excluding hydrogens is 470 g/mol. The largest absolute Gasteiger partial charge is 0.491 e. The Kier molecular flexibility index (Phi) is 8.27. The molecule has 4 rings (SSSR count). The third-order valence-electron chi connectivity index (χ3n) is 5.41. The maximum atomic E-state index is 12.7. The zero-order chi connectivity index (χ0) is 24.6. The molecule has 182 valence electrons. The second kappa shape index (κ2) is 11.8. The van der Waals surface area contributed by atoms with E-state index in [1.54, 1.807) is 35.4 Å². The monoisotopic (exact) mass is 495 g/mol. The number of esters is 1. The molecule has 0 radical (unpaired) electrons. The maximum Gasteiger partial charge on any atom is 0.313 e. The highest BCUT2D eigenvalue weighted by molar-refractivity contribution is 7.99. The summed E-state index contributed by atoms with van der Waals surface area (Å²) in [6, 6.07) is 14.2. The number of thioether (sulfide) groups is 1. The van der Waals surface area contributed by atoms with E-state index < -0.39 is 5.97 Å². The summed E-state index contributed by atoms with van der Waals surface area (Å²) in [5, 5.41) is 0.707. The molecule has 0 bridgehead atoms. The summed E-state index contributed by atoms with van der Waals surface area (Å²) in [6.45, 7) is 1.65. The second-order valence-corrected chi connectivity index (χ2v) is 8.83. The Hall–Kier alpha value is -3.50. The average molecular weight is 496 g/mol. The number of ether oxygens (including phenoxy) is 3. The fourth-order valence-electron chi connectivity index (χ4n) is 3.51. The van der Waals surface area contributed by atoms with Crippen LogP contribution >= 0.6 is 11.8 Å². The number of methoxy groups -OCH3 is 1. The Morgan fingerprint density at radius 2 is 1.89 bits per heavy atom. The molecule has 1 unspecified atom stereocenters. The van der Waals surface area contributed by atoms with Gasteiger partial charge < -0.3 is 19.1 Å². The van der Waals surface area contributed by atoms with Crippen LogP contribution in [0.1, 0.15) is 16.8 Å². The molecule has 1 amide bonds. The molecule has 10 heteroatoms. The highest BCUT2D eigenvalue weighted by Crippen LogP contribution is 2.20. The number of rotatable bonds is 9. The summed E-state index contributed by atoms with van der Waals surface area (Å²) in [5.74, 6) is -0.0567. The fraction of sp³-hybridized carbons (Fsp3) is 0.320. The summed E-state index contributed by atoms with van der Waals surface area (Å²) in [7, 11) is 1.24. The number of benzene rings is 2. The van der Waals surface area contributed by atoms with Crippen LogP contribution in [0, 0.1) is 0 Å². The predicted molar refractivity (Wildman–Crippen MR) is 129 cm³/mol. The number of Topliss-reactive ketones (excluding diaryl/α,β-unsaturated/α-hetero) is 1. The van der Waals surface area contributed by atoms with Gasteiger partial charge in [-0.15, -0.1) is 0 Å². The molecule has 1 aliphatic rings. The third-order valence-corrected chi connectivity index (χ3v) is 6.29. The van der Waals surface area contributed by atoms with Crippen LogP contribution < -0.4 is 4.74 Å². The standard InChI is InChI=1S/C25H25N3O6S/c1-32-25(31)12-22(29)17-6-8-18(9-7-17)34-15-19-14-28(10-11-33-19)24(30)16-35-23-13-26-20-4-2-3-5-21(20)27-23/h2-9,13,19H,10-12,14-16H2,1H3. The number of hydrogen-bond donors (Lipinski definition) is 0. The minimum Gasteiger partial charge on any atom is -0.491 e. The molecule has 9 nitrogen and oxygen atoms in total. The molecule has 0 aliphatic carbocycles. The van der Waals surface area contributed by atoms with E-state index in [1.807, 2.05) is 24.3 Å². The average Bonchev–Trinajstić information content (AvgIpc) is 2.90. The number of nitrogens with zero attached hydrogens (tertiary/aromatic N) is 3. The van der Waals surface area contributed by atoms with Gasteiger partial charge in [-0.1, -0.05) is 23.9 Å². The van der Waals surface area contributed by atoms with E-state index in [4.69, 9.17) is 9.47 Å². The van der Waals surface area contributed by atoms with Crippen LogP contribution in [0.5, 0.6) is 5.75 Å². The van der Waals surface area contributed by atoms with E-state index in [0.29, 0.717) is 36.0 Å². The topological polar surface area (TPSA) is 108 Å². The zero-order valence-electron chi connectivity index (χ0n) is 19.2.